The smallest absolute Gasteiger partial charge is 0.383 e. The highest BCUT2D eigenvalue weighted by molar-refractivity contribution is 4.81. The number of nitrogens with zero attached hydrogens (tertiary/aromatic N) is 1. The van der Waals surface area contributed by atoms with Crippen molar-refractivity contribution in [3.63, 3.8) is 0 Å². The molecule has 2 nitrogen and oxygen atoms in total. The Morgan fingerprint density at radius 2 is 1.87 bits per heavy atom. The van der Waals surface area contributed by atoms with Crippen molar-refractivity contribution in [3.8, 4) is 0 Å². The molecule has 1 atom stereocenters. The van der Waals surface area contributed by atoms with Gasteiger partial charge in [0.25, 0.3) is 0 Å². The zero-order chi connectivity index (χ0) is 11.5. The van der Waals surface area contributed by atoms with E-state index in [0.717, 1.165) is 13.0 Å². The molecule has 0 bridgehead atoms. The van der Waals surface area contributed by atoms with E-state index in [1.165, 1.54) is 0 Å². The molecule has 1 rings (SSSR count). The summed E-state index contributed by atoms with van der Waals surface area (Å²) in [5.74, 6) is -0.613. The van der Waals surface area contributed by atoms with Gasteiger partial charge < -0.3 is 10.0 Å². The molecule has 0 amide bonds. The number of likely N-dealkylation sites (tertiary alicyclic amines) is 1. The molecule has 1 unspecified atom stereocenters. The molecule has 0 spiro atoms. The third kappa shape index (κ3) is 3.65. The molecule has 1 saturated heterocycles. The van der Waals surface area contributed by atoms with E-state index in [0.29, 0.717) is 25.9 Å². The van der Waals surface area contributed by atoms with Crippen LogP contribution < -0.4 is 0 Å². The lowest BCUT2D eigenvalue weighted by Crippen LogP contribution is -2.43. The Balaban J connectivity index is 2.37. The number of piperidine rings is 1. The highest BCUT2D eigenvalue weighted by Gasteiger charge is 2.43. The molecular weight excluding hydrogens is 207 g/mol. The fourth-order valence-corrected chi connectivity index (χ4v) is 2.08. The molecule has 1 aliphatic rings. The summed E-state index contributed by atoms with van der Waals surface area (Å²) in [5.41, 5.74) is 0. The number of halogens is 3. The molecule has 1 heterocycles. The van der Waals surface area contributed by atoms with Crippen LogP contribution in [0.25, 0.3) is 0 Å². The van der Waals surface area contributed by atoms with Gasteiger partial charge >= 0.3 is 6.18 Å². The lowest BCUT2D eigenvalue weighted by molar-refractivity contribution is -0.223. The minimum atomic E-state index is -4.46. The molecule has 15 heavy (non-hydrogen) atoms. The maximum absolute atomic E-state index is 12.2. The Hall–Kier alpha value is -0.290. The first-order chi connectivity index (χ1) is 6.95. The molecule has 0 aromatic heterocycles. The summed E-state index contributed by atoms with van der Waals surface area (Å²) in [5, 5.41) is 9.08. The van der Waals surface area contributed by atoms with E-state index in [-0.39, 0.29) is 0 Å². The summed E-state index contributed by atoms with van der Waals surface area (Å²) in [6.07, 6.45) is -4.69. The van der Waals surface area contributed by atoms with Gasteiger partial charge in [-0.1, -0.05) is 6.92 Å². The maximum Gasteiger partial charge on any atom is 0.414 e. The predicted octanol–water partition coefficient (Wildman–Crippen LogP) is 2.03. The molecular formula is C10H18F3NO. The van der Waals surface area contributed by atoms with Crippen LogP contribution in [0.5, 0.6) is 0 Å². The monoisotopic (exact) mass is 225 g/mol. The molecule has 0 aromatic rings. The van der Waals surface area contributed by atoms with E-state index < -0.39 is 18.2 Å². The Kier molecular flexibility index (Phi) is 4.40. The van der Waals surface area contributed by atoms with Gasteiger partial charge in [-0.3, -0.25) is 0 Å². The predicted molar refractivity (Wildman–Crippen MR) is 51.5 cm³/mol. The van der Waals surface area contributed by atoms with E-state index >= 15 is 0 Å². The average Bonchev–Trinajstić information content (AvgIpc) is 2.17. The van der Waals surface area contributed by atoms with Crippen LogP contribution in [-0.2, 0) is 0 Å². The zero-order valence-electron chi connectivity index (χ0n) is 8.93. The van der Waals surface area contributed by atoms with Crippen molar-refractivity contribution in [3.05, 3.63) is 0 Å². The van der Waals surface area contributed by atoms with Crippen LogP contribution >= 0.6 is 0 Å². The second-order valence-corrected chi connectivity index (χ2v) is 4.17. The number of aliphatic hydroxyl groups is 1. The van der Waals surface area contributed by atoms with Gasteiger partial charge in [-0.2, -0.15) is 13.2 Å². The van der Waals surface area contributed by atoms with Crippen molar-refractivity contribution < 1.29 is 18.3 Å². The molecule has 1 fully saturated rings. The van der Waals surface area contributed by atoms with Gasteiger partial charge in [-0.15, -0.1) is 0 Å². The first-order valence-corrected chi connectivity index (χ1v) is 5.42. The largest absolute Gasteiger partial charge is 0.414 e. The zero-order valence-corrected chi connectivity index (χ0v) is 8.93. The summed E-state index contributed by atoms with van der Waals surface area (Å²) < 4.78 is 36.6. The minimum Gasteiger partial charge on any atom is -0.383 e. The first-order valence-electron chi connectivity index (χ1n) is 5.42. The van der Waals surface area contributed by atoms with E-state index in [1.807, 2.05) is 0 Å². The SMILES string of the molecule is CCCN1CCC(C(O)C(F)(F)F)CC1. The van der Waals surface area contributed by atoms with E-state index in [9.17, 15) is 13.2 Å². The fraction of sp³-hybridized carbons (Fsp3) is 1.00. The maximum atomic E-state index is 12.2. The van der Waals surface area contributed by atoms with Gasteiger partial charge in [0.15, 0.2) is 6.10 Å². The molecule has 0 radical (unpaired) electrons. The minimum absolute atomic E-state index is 0.445. The van der Waals surface area contributed by atoms with Gasteiger partial charge in [0.05, 0.1) is 0 Å². The molecule has 0 aromatic carbocycles. The fourth-order valence-electron chi connectivity index (χ4n) is 2.08. The van der Waals surface area contributed by atoms with Gasteiger partial charge in [0.2, 0.25) is 0 Å². The summed E-state index contributed by atoms with van der Waals surface area (Å²) >= 11 is 0. The van der Waals surface area contributed by atoms with E-state index in [2.05, 4.69) is 11.8 Å². The van der Waals surface area contributed by atoms with Crippen molar-refractivity contribution in [2.45, 2.75) is 38.5 Å². The van der Waals surface area contributed by atoms with Crippen LogP contribution in [0.15, 0.2) is 0 Å². The second-order valence-electron chi connectivity index (χ2n) is 4.17. The summed E-state index contributed by atoms with van der Waals surface area (Å²) in [6, 6.07) is 0. The van der Waals surface area contributed by atoms with Crippen LogP contribution in [0.3, 0.4) is 0 Å². The van der Waals surface area contributed by atoms with E-state index in [4.69, 9.17) is 5.11 Å². The van der Waals surface area contributed by atoms with Crippen LogP contribution in [-0.4, -0.2) is 41.9 Å². The third-order valence-electron chi connectivity index (χ3n) is 2.95. The van der Waals surface area contributed by atoms with Gasteiger partial charge in [0.1, 0.15) is 0 Å². The van der Waals surface area contributed by atoms with Crippen LogP contribution in [0.4, 0.5) is 13.2 Å². The number of hydrogen-bond donors (Lipinski definition) is 1. The molecule has 1 aliphatic heterocycles. The molecule has 0 aliphatic carbocycles. The van der Waals surface area contributed by atoms with Crippen molar-refractivity contribution >= 4 is 0 Å². The van der Waals surface area contributed by atoms with Gasteiger partial charge in [0, 0.05) is 0 Å². The lowest BCUT2D eigenvalue weighted by Gasteiger charge is -2.34. The third-order valence-corrected chi connectivity index (χ3v) is 2.95. The van der Waals surface area contributed by atoms with Crippen molar-refractivity contribution in [2.24, 2.45) is 5.92 Å². The number of rotatable bonds is 3. The van der Waals surface area contributed by atoms with Gasteiger partial charge in [-0.25, -0.2) is 0 Å². The molecule has 90 valence electrons. The summed E-state index contributed by atoms with van der Waals surface area (Å²) in [4.78, 5) is 2.15. The number of alkyl halides is 3. The topological polar surface area (TPSA) is 23.5 Å². The molecule has 0 saturated carbocycles. The number of hydrogen-bond acceptors (Lipinski definition) is 2. The highest BCUT2D eigenvalue weighted by Crippen LogP contribution is 2.31. The average molecular weight is 225 g/mol. The Morgan fingerprint density at radius 1 is 1.33 bits per heavy atom. The summed E-state index contributed by atoms with van der Waals surface area (Å²) in [6.45, 7) is 4.34. The summed E-state index contributed by atoms with van der Waals surface area (Å²) in [7, 11) is 0. The second kappa shape index (κ2) is 5.16. The standard InChI is InChI=1S/C10H18F3NO/c1-2-5-14-6-3-8(4-7-14)9(15)10(11,12)13/h8-9,15H,2-7H2,1H3. The van der Waals surface area contributed by atoms with Gasteiger partial charge in [-0.05, 0) is 44.8 Å². The normalized spacial score (nSPS) is 23.0. The highest BCUT2D eigenvalue weighted by atomic mass is 19.4. The Morgan fingerprint density at radius 3 is 2.27 bits per heavy atom. The lowest BCUT2D eigenvalue weighted by atomic mass is 9.91. The van der Waals surface area contributed by atoms with Crippen molar-refractivity contribution in [1.29, 1.82) is 0 Å². The molecule has 5 heteroatoms. The quantitative estimate of drug-likeness (QED) is 0.794. The van der Waals surface area contributed by atoms with Crippen LogP contribution in [0.2, 0.25) is 0 Å². The van der Waals surface area contributed by atoms with E-state index in [1.54, 1.807) is 0 Å². The van der Waals surface area contributed by atoms with Crippen molar-refractivity contribution in [2.75, 3.05) is 19.6 Å². The number of aliphatic hydroxyl groups excluding tert-OH is 1. The van der Waals surface area contributed by atoms with Crippen molar-refractivity contribution in [1.82, 2.24) is 4.90 Å². The Bertz CT molecular complexity index is 188. The Labute approximate surface area is 88.1 Å². The van der Waals surface area contributed by atoms with Crippen LogP contribution in [0, 0.1) is 5.92 Å². The molecule has 1 N–H and O–H groups in total. The van der Waals surface area contributed by atoms with Crippen LogP contribution in [0.1, 0.15) is 26.2 Å². The first kappa shape index (κ1) is 12.8.